The molecule has 0 saturated heterocycles. The maximum Gasteiger partial charge on any atom is 0.442 e. The van der Waals surface area contributed by atoms with E-state index in [0.29, 0.717) is 4.68 Å². The molecule has 29 heavy (non-hydrogen) atoms. The summed E-state index contributed by atoms with van der Waals surface area (Å²) in [5.74, 6) is -0.604. The van der Waals surface area contributed by atoms with Gasteiger partial charge in [-0.25, -0.2) is 0 Å². The molecular formula is C15H9F6N5O3. The highest BCUT2D eigenvalue weighted by atomic mass is 19.4. The van der Waals surface area contributed by atoms with Gasteiger partial charge in [0.25, 0.3) is 0 Å². The van der Waals surface area contributed by atoms with E-state index in [4.69, 9.17) is 4.42 Å². The molecule has 0 bridgehead atoms. The second-order valence-corrected chi connectivity index (χ2v) is 5.77. The Morgan fingerprint density at radius 3 is 2.38 bits per heavy atom. The van der Waals surface area contributed by atoms with Crippen LogP contribution in [0.5, 0.6) is 0 Å². The van der Waals surface area contributed by atoms with Crippen LogP contribution in [-0.4, -0.2) is 24.9 Å². The van der Waals surface area contributed by atoms with Crippen molar-refractivity contribution in [3.05, 3.63) is 57.2 Å². The highest BCUT2D eigenvalue weighted by Crippen LogP contribution is 2.37. The van der Waals surface area contributed by atoms with E-state index in [1.54, 1.807) is 0 Å². The van der Waals surface area contributed by atoms with Crippen molar-refractivity contribution >= 4 is 5.69 Å². The molecular weight excluding hydrogens is 412 g/mol. The van der Waals surface area contributed by atoms with E-state index in [2.05, 4.69) is 15.3 Å². The van der Waals surface area contributed by atoms with Crippen LogP contribution in [0.2, 0.25) is 0 Å². The van der Waals surface area contributed by atoms with Crippen LogP contribution in [0.3, 0.4) is 0 Å². The van der Waals surface area contributed by atoms with Gasteiger partial charge in [0.2, 0.25) is 17.5 Å². The Hall–Kier alpha value is -3.45. The Bertz CT molecular complexity index is 1070. The molecule has 0 spiro atoms. The summed E-state index contributed by atoms with van der Waals surface area (Å²) in [6, 6.07) is 4.01. The number of hydrogen-bond donors (Lipinski definition) is 0. The van der Waals surface area contributed by atoms with Crippen LogP contribution in [0.15, 0.2) is 28.7 Å². The Kier molecular flexibility index (Phi) is 4.80. The third-order valence-corrected chi connectivity index (χ3v) is 3.81. The van der Waals surface area contributed by atoms with Gasteiger partial charge in [0.15, 0.2) is 0 Å². The van der Waals surface area contributed by atoms with Crippen molar-refractivity contribution < 1.29 is 35.7 Å². The molecule has 1 aromatic carbocycles. The zero-order chi connectivity index (χ0) is 21.6. The fraction of sp³-hybridized carbons (Fsp3) is 0.267. The molecule has 0 fully saturated rings. The molecule has 0 amide bonds. The van der Waals surface area contributed by atoms with E-state index in [0.717, 1.165) is 25.1 Å². The summed E-state index contributed by atoms with van der Waals surface area (Å²) in [5.41, 5.74) is -4.31. The van der Waals surface area contributed by atoms with Crippen LogP contribution in [0.1, 0.15) is 22.8 Å². The second kappa shape index (κ2) is 6.86. The third kappa shape index (κ3) is 4.05. The molecule has 2 heterocycles. The minimum absolute atomic E-state index is 0.0577. The molecule has 154 valence electrons. The van der Waals surface area contributed by atoms with E-state index >= 15 is 0 Å². The van der Waals surface area contributed by atoms with Crippen molar-refractivity contribution in [2.24, 2.45) is 0 Å². The van der Waals surface area contributed by atoms with E-state index in [1.807, 2.05) is 0 Å². The molecule has 14 heteroatoms. The third-order valence-electron chi connectivity index (χ3n) is 3.81. The van der Waals surface area contributed by atoms with E-state index in [-0.39, 0.29) is 17.3 Å². The maximum atomic E-state index is 13.0. The van der Waals surface area contributed by atoms with Gasteiger partial charge in [-0.2, -0.15) is 31.4 Å². The lowest BCUT2D eigenvalue weighted by Gasteiger charge is -2.06. The zero-order valence-corrected chi connectivity index (χ0v) is 14.2. The number of aromatic nitrogens is 4. The van der Waals surface area contributed by atoms with Crippen LogP contribution >= 0.6 is 0 Å². The first-order valence-electron chi connectivity index (χ1n) is 7.67. The molecule has 0 N–H and O–H groups in total. The molecule has 3 rings (SSSR count). The topological polar surface area (TPSA) is 99.9 Å². The van der Waals surface area contributed by atoms with Crippen LogP contribution < -0.4 is 0 Å². The number of halogens is 6. The lowest BCUT2D eigenvalue weighted by Crippen LogP contribution is -2.10. The summed E-state index contributed by atoms with van der Waals surface area (Å²) in [5, 5.41) is 21.3. The summed E-state index contributed by atoms with van der Waals surface area (Å²) < 4.78 is 83.2. The molecule has 0 unspecified atom stereocenters. The SMILES string of the molecule is Cc1c([N+](=O)[O-])c(C(F)(F)F)nn1Cc1nnc(-c2cccc(C(F)(F)F)c2)o1. The lowest BCUT2D eigenvalue weighted by atomic mass is 10.1. The van der Waals surface area contributed by atoms with Crippen molar-refractivity contribution in [1.82, 2.24) is 20.0 Å². The normalized spacial score (nSPS) is 12.4. The van der Waals surface area contributed by atoms with Crippen LogP contribution in [-0.2, 0) is 18.9 Å². The molecule has 2 aromatic heterocycles. The molecule has 0 saturated carbocycles. The molecule has 0 atom stereocenters. The Labute approximate surface area is 156 Å². The predicted octanol–water partition coefficient (Wildman–Crippen LogP) is 4.24. The Morgan fingerprint density at radius 2 is 1.83 bits per heavy atom. The minimum Gasteiger partial charge on any atom is -0.419 e. The Morgan fingerprint density at radius 1 is 1.14 bits per heavy atom. The van der Waals surface area contributed by atoms with Crippen molar-refractivity contribution in [3.63, 3.8) is 0 Å². The van der Waals surface area contributed by atoms with Gasteiger partial charge < -0.3 is 4.42 Å². The zero-order valence-electron chi connectivity index (χ0n) is 14.2. The average Bonchev–Trinajstić information content (AvgIpc) is 3.19. The monoisotopic (exact) mass is 421 g/mol. The lowest BCUT2D eigenvalue weighted by molar-refractivity contribution is -0.388. The quantitative estimate of drug-likeness (QED) is 0.355. The van der Waals surface area contributed by atoms with Crippen molar-refractivity contribution in [3.8, 4) is 11.5 Å². The highest BCUT2D eigenvalue weighted by molar-refractivity contribution is 5.54. The number of nitrogens with zero attached hydrogens (tertiary/aromatic N) is 5. The van der Waals surface area contributed by atoms with E-state index in [1.165, 1.54) is 6.07 Å². The van der Waals surface area contributed by atoms with Gasteiger partial charge in [-0.15, -0.1) is 10.2 Å². The fourth-order valence-electron chi connectivity index (χ4n) is 2.49. The number of hydrogen-bond acceptors (Lipinski definition) is 6. The number of nitro groups is 1. The van der Waals surface area contributed by atoms with E-state index in [9.17, 15) is 36.5 Å². The standard InChI is InChI=1S/C15H9F6N5O3/c1-7-11(26(27)28)12(15(19,20)21)24-25(7)6-10-22-23-13(29-10)8-3-2-4-9(5-8)14(16,17)18/h2-5H,6H2,1H3. The van der Waals surface area contributed by atoms with Crippen LogP contribution in [0.25, 0.3) is 11.5 Å². The highest BCUT2D eigenvalue weighted by Gasteiger charge is 2.44. The van der Waals surface area contributed by atoms with Crippen molar-refractivity contribution in [2.75, 3.05) is 0 Å². The molecule has 8 nitrogen and oxygen atoms in total. The molecule has 0 aliphatic carbocycles. The van der Waals surface area contributed by atoms with Gasteiger partial charge in [-0.1, -0.05) is 6.07 Å². The summed E-state index contributed by atoms with van der Waals surface area (Å²) in [6.45, 7) is 0.513. The summed E-state index contributed by atoms with van der Waals surface area (Å²) >= 11 is 0. The van der Waals surface area contributed by atoms with Crippen LogP contribution in [0.4, 0.5) is 32.0 Å². The molecule has 0 aliphatic rings. The van der Waals surface area contributed by atoms with Gasteiger partial charge >= 0.3 is 18.0 Å². The fourth-order valence-corrected chi connectivity index (χ4v) is 2.49. The van der Waals surface area contributed by atoms with Gasteiger partial charge in [0, 0.05) is 5.56 Å². The number of alkyl halides is 6. The first kappa shape index (κ1) is 20.3. The molecule has 0 aliphatic heterocycles. The van der Waals surface area contributed by atoms with Crippen LogP contribution in [0, 0.1) is 17.0 Å². The number of benzene rings is 1. The Balaban J connectivity index is 1.93. The first-order valence-corrected chi connectivity index (χ1v) is 7.67. The minimum atomic E-state index is -5.06. The van der Waals surface area contributed by atoms with Crippen molar-refractivity contribution in [2.45, 2.75) is 25.8 Å². The summed E-state index contributed by atoms with van der Waals surface area (Å²) in [7, 11) is 0. The summed E-state index contributed by atoms with van der Waals surface area (Å²) in [6.07, 6.45) is -9.66. The van der Waals surface area contributed by atoms with Crippen molar-refractivity contribution in [1.29, 1.82) is 0 Å². The predicted molar refractivity (Wildman–Crippen MR) is 82.5 cm³/mol. The number of rotatable bonds is 4. The molecule has 0 radical (unpaired) electrons. The van der Waals surface area contributed by atoms with Gasteiger partial charge in [-0.3, -0.25) is 14.8 Å². The summed E-state index contributed by atoms with van der Waals surface area (Å²) in [4.78, 5) is 9.76. The second-order valence-electron chi connectivity index (χ2n) is 5.77. The average molecular weight is 421 g/mol. The molecule has 3 aromatic rings. The first-order chi connectivity index (χ1) is 13.4. The van der Waals surface area contributed by atoms with Gasteiger partial charge in [0.1, 0.15) is 12.2 Å². The largest absolute Gasteiger partial charge is 0.442 e. The van der Waals surface area contributed by atoms with E-state index < -0.39 is 46.5 Å². The maximum absolute atomic E-state index is 13.0. The smallest absolute Gasteiger partial charge is 0.419 e. The van der Waals surface area contributed by atoms with Gasteiger partial charge in [-0.05, 0) is 25.1 Å². The van der Waals surface area contributed by atoms with Gasteiger partial charge in [0.05, 0.1) is 10.5 Å².